The fourth-order valence-electron chi connectivity index (χ4n) is 3.86. The first-order valence-corrected chi connectivity index (χ1v) is 9.64. The van der Waals surface area contributed by atoms with Crippen LogP contribution in [0.2, 0.25) is 0 Å². The van der Waals surface area contributed by atoms with Crippen molar-refractivity contribution in [2.24, 2.45) is 16.8 Å². The van der Waals surface area contributed by atoms with Gasteiger partial charge in [0.2, 0.25) is 0 Å². The first-order chi connectivity index (χ1) is 13.2. The van der Waals surface area contributed by atoms with E-state index in [1.807, 2.05) is 54.6 Å². The Balaban J connectivity index is 1.63. The Bertz CT molecular complexity index is 1020. The molecule has 0 saturated heterocycles. The number of anilines is 1. The average molecular weight is 371 g/mol. The van der Waals surface area contributed by atoms with E-state index in [1.165, 1.54) is 14.8 Å². The zero-order valence-electron chi connectivity index (χ0n) is 14.4. The van der Waals surface area contributed by atoms with Gasteiger partial charge in [-0.15, -0.1) is 0 Å². The third-order valence-electron chi connectivity index (χ3n) is 5.07. The Hall–Kier alpha value is -3.05. The number of carbonyl (C=O) groups excluding carboxylic acids is 1. The van der Waals surface area contributed by atoms with Gasteiger partial charge in [0.15, 0.2) is 0 Å². The van der Waals surface area contributed by atoms with Crippen LogP contribution < -0.4 is 10.7 Å². The van der Waals surface area contributed by atoms with Gasteiger partial charge >= 0.3 is 0 Å². The zero-order valence-corrected chi connectivity index (χ0v) is 15.3. The first-order valence-electron chi connectivity index (χ1n) is 8.83. The topological polar surface area (TPSA) is 58.7 Å². The summed E-state index contributed by atoms with van der Waals surface area (Å²) < 4.78 is 0. The number of para-hydroxylation sites is 1. The lowest BCUT2D eigenvalue weighted by Crippen LogP contribution is -2.36. The highest BCUT2D eigenvalue weighted by Gasteiger charge is 2.44. The number of nitrogens with two attached hydrogens (primary N) is 1. The van der Waals surface area contributed by atoms with Gasteiger partial charge in [0.25, 0.3) is 5.91 Å². The number of amides is 1. The second-order valence-corrected chi connectivity index (χ2v) is 7.73. The second-order valence-electron chi connectivity index (χ2n) is 6.64. The van der Waals surface area contributed by atoms with Crippen LogP contribution in [0.4, 0.5) is 5.69 Å². The van der Waals surface area contributed by atoms with Gasteiger partial charge in [0.05, 0.1) is 5.69 Å². The van der Waals surface area contributed by atoms with Gasteiger partial charge in [0.1, 0.15) is 11.8 Å². The average Bonchev–Trinajstić information content (AvgIpc) is 3.01. The molecule has 0 aromatic heterocycles. The van der Waals surface area contributed by atoms with E-state index in [2.05, 4.69) is 29.4 Å². The van der Waals surface area contributed by atoms with Crippen LogP contribution in [0, 0.1) is 5.92 Å². The number of hydrogen-bond acceptors (Lipinski definition) is 4. The van der Waals surface area contributed by atoms with Crippen molar-refractivity contribution in [2.45, 2.75) is 15.7 Å². The molecule has 2 N–H and O–H groups in total. The van der Waals surface area contributed by atoms with Crippen LogP contribution in [-0.4, -0.2) is 11.7 Å². The van der Waals surface area contributed by atoms with E-state index in [9.17, 15) is 4.79 Å². The van der Waals surface area contributed by atoms with E-state index in [-0.39, 0.29) is 11.8 Å². The summed E-state index contributed by atoms with van der Waals surface area (Å²) in [7, 11) is 0. The zero-order chi connectivity index (χ0) is 18.4. The van der Waals surface area contributed by atoms with Crippen molar-refractivity contribution in [1.29, 1.82) is 0 Å². The molecule has 5 heteroatoms. The molecule has 3 aromatic rings. The minimum Gasteiger partial charge on any atom is -0.385 e. The van der Waals surface area contributed by atoms with Crippen LogP contribution in [0.5, 0.6) is 0 Å². The summed E-state index contributed by atoms with van der Waals surface area (Å²) in [6.07, 6.45) is 0. The molecule has 2 heterocycles. The maximum atomic E-state index is 13.4. The summed E-state index contributed by atoms with van der Waals surface area (Å²) in [5.41, 5.74) is 9.32. The van der Waals surface area contributed by atoms with Crippen LogP contribution in [-0.2, 0) is 4.79 Å². The number of amidine groups is 1. The fourth-order valence-corrected chi connectivity index (χ4v) is 5.01. The second kappa shape index (κ2) is 6.28. The summed E-state index contributed by atoms with van der Waals surface area (Å²) in [6, 6.07) is 25.9. The highest BCUT2D eigenvalue weighted by molar-refractivity contribution is 7.99. The van der Waals surface area contributed by atoms with E-state index in [0.717, 1.165) is 16.8 Å². The van der Waals surface area contributed by atoms with E-state index in [1.54, 1.807) is 11.8 Å². The standard InChI is InChI=1S/C22H17N3OS/c23-21-20(22(26)25(24-21)14-8-2-1-3-9-14)19-15-10-4-6-12-17(15)27-18-13-7-5-11-16(18)19/h1-13,19-20H,(H2,23,24). The number of carbonyl (C=O) groups is 1. The van der Waals surface area contributed by atoms with E-state index in [0.29, 0.717) is 5.84 Å². The van der Waals surface area contributed by atoms with E-state index >= 15 is 0 Å². The monoisotopic (exact) mass is 371 g/mol. The molecular weight excluding hydrogens is 354 g/mol. The maximum Gasteiger partial charge on any atom is 0.259 e. The number of benzene rings is 3. The molecule has 1 atom stereocenters. The molecule has 0 fully saturated rings. The molecule has 0 saturated carbocycles. The van der Waals surface area contributed by atoms with Crippen molar-refractivity contribution in [2.75, 3.05) is 5.01 Å². The van der Waals surface area contributed by atoms with Gasteiger partial charge in [-0.3, -0.25) is 4.79 Å². The molecule has 5 rings (SSSR count). The predicted molar refractivity (Wildman–Crippen MR) is 108 cm³/mol. The Morgan fingerprint density at radius 2 is 1.33 bits per heavy atom. The minimum atomic E-state index is -0.506. The fraction of sp³-hybridized carbons (Fsp3) is 0.0909. The lowest BCUT2D eigenvalue weighted by Gasteiger charge is -2.31. The Morgan fingerprint density at radius 1 is 0.778 bits per heavy atom. The molecule has 2 aliphatic heterocycles. The Kier molecular flexibility index (Phi) is 3.76. The molecule has 4 nitrogen and oxygen atoms in total. The third kappa shape index (κ3) is 2.54. The highest BCUT2D eigenvalue weighted by Crippen LogP contribution is 2.49. The molecular formula is C22H17N3OS. The summed E-state index contributed by atoms with van der Waals surface area (Å²) >= 11 is 1.74. The summed E-state index contributed by atoms with van der Waals surface area (Å²) in [4.78, 5) is 15.7. The summed E-state index contributed by atoms with van der Waals surface area (Å²) in [5.74, 6) is -0.359. The normalized spacial score (nSPS) is 18.8. The molecule has 2 aliphatic rings. The number of rotatable bonds is 2. The highest BCUT2D eigenvalue weighted by atomic mass is 32.2. The van der Waals surface area contributed by atoms with Gasteiger partial charge in [-0.05, 0) is 35.4 Å². The molecule has 0 spiro atoms. The number of fused-ring (bicyclic) bond motifs is 2. The van der Waals surface area contributed by atoms with Crippen LogP contribution in [0.25, 0.3) is 0 Å². The van der Waals surface area contributed by atoms with Gasteiger partial charge < -0.3 is 5.73 Å². The first kappa shape index (κ1) is 16.1. The van der Waals surface area contributed by atoms with E-state index < -0.39 is 5.92 Å². The molecule has 27 heavy (non-hydrogen) atoms. The smallest absolute Gasteiger partial charge is 0.259 e. The molecule has 132 valence electrons. The quantitative estimate of drug-likeness (QED) is 0.734. The van der Waals surface area contributed by atoms with Crippen molar-refractivity contribution in [3.63, 3.8) is 0 Å². The van der Waals surface area contributed by atoms with Gasteiger partial charge in [-0.2, -0.15) is 10.1 Å². The van der Waals surface area contributed by atoms with Crippen molar-refractivity contribution in [3.8, 4) is 0 Å². The SMILES string of the molecule is NC1=NN(c2ccccc2)C(=O)C1C1c2ccccc2Sc2ccccc21. The lowest BCUT2D eigenvalue weighted by atomic mass is 9.79. The predicted octanol–water partition coefficient (Wildman–Crippen LogP) is 4.22. The molecule has 3 aromatic carbocycles. The largest absolute Gasteiger partial charge is 0.385 e. The van der Waals surface area contributed by atoms with Crippen molar-refractivity contribution in [1.82, 2.24) is 0 Å². The molecule has 0 aliphatic carbocycles. The number of hydrazone groups is 1. The van der Waals surface area contributed by atoms with Crippen LogP contribution in [0.3, 0.4) is 0 Å². The molecule has 1 amide bonds. The maximum absolute atomic E-state index is 13.4. The Labute approximate surface area is 161 Å². The number of nitrogens with zero attached hydrogens (tertiary/aromatic N) is 2. The summed E-state index contributed by atoms with van der Waals surface area (Å²) in [6.45, 7) is 0. The minimum absolute atomic E-state index is 0.0831. The van der Waals surface area contributed by atoms with Gasteiger partial charge in [-0.1, -0.05) is 66.4 Å². The summed E-state index contributed by atoms with van der Waals surface area (Å²) in [5, 5.41) is 5.85. The van der Waals surface area contributed by atoms with Crippen molar-refractivity contribution < 1.29 is 4.79 Å². The van der Waals surface area contributed by atoms with Gasteiger partial charge in [0, 0.05) is 15.7 Å². The third-order valence-corrected chi connectivity index (χ3v) is 6.25. The van der Waals surface area contributed by atoms with Crippen molar-refractivity contribution in [3.05, 3.63) is 90.0 Å². The number of hydrogen-bond donors (Lipinski definition) is 1. The van der Waals surface area contributed by atoms with Gasteiger partial charge in [-0.25, -0.2) is 0 Å². The molecule has 0 bridgehead atoms. The lowest BCUT2D eigenvalue weighted by molar-refractivity contribution is -0.120. The molecule has 1 unspecified atom stereocenters. The van der Waals surface area contributed by atoms with Crippen LogP contribution >= 0.6 is 11.8 Å². The van der Waals surface area contributed by atoms with E-state index in [4.69, 9.17) is 5.73 Å². The van der Waals surface area contributed by atoms with Crippen molar-refractivity contribution >= 4 is 29.2 Å². The molecule has 0 radical (unpaired) electrons. The van der Waals surface area contributed by atoms with Crippen LogP contribution in [0.1, 0.15) is 17.0 Å². The Morgan fingerprint density at radius 3 is 1.96 bits per heavy atom. The van der Waals surface area contributed by atoms with Crippen LogP contribution in [0.15, 0.2) is 93.8 Å².